The summed E-state index contributed by atoms with van der Waals surface area (Å²) in [5.41, 5.74) is 0.372. The van der Waals surface area contributed by atoms with Gasteiger partial charge in [-0.2, -0.15) is 9.49 Å². The maximum atomic E-state index is 13.5. The van der Waals surface area contributed by atoms with Gasteiger partial charge in [-0.25, -0.2) is 4.68 Å². The van der Waals surface area contributed by atoms with Crippen LogP contribution in [0.25, 0.3) is 5.69 Å². The molecule has 18 heavy (non-hydrogen) atoms. The first-order valence-electron chi connectivity index (χ1n) is 5.49. The minimum atomic E-state index is -0.862. The lowest BCUT2D eigenvalue weighted by Crippen LogP contribution is -2.03. The van der Waals surface area contributed by atoms with Gasteiger partial charge >= 0.3 is 5.69 Å². The molecule has 0 atom stereocenters. The second-order valence-electron chi connectivity index (χ2n) is 4.20. The minimum absolute atomic E-state index is 0.131. The van der Waals surface area contributed by atoms with Crippen LogP contribution in [-0.4, -0.2) is 14.7 Å². The smallest absolute Gasteiger partial charge is 0.258 e. The first kappa shape index (κ1) is 12.2. The summed E-state index contributed by atoms with van der Waals surface area (Å²) in [5.74, 6) is -0.655. The van der Waals surface area contributed by atoms with Gasteiger partial charge in [0.15, 0.2) is 0 Å². The Labute approximate surface area is 103 Å². The standard InChI is InChI=1S/C12H12FN3O2/c1-8(2)10-6-7-15(14-10)11-5-3-4-9(13)12(11)16(17)18/h3-8H,1-2H3. The van der Waals surface area contributed by atoms with Gasteiger partial charge in [0.1, 0.15) is 5.69 Å². The number of nitrogens with zero attached hydrogens (tertiary/aromatic N) is 3. The molecule has 0 aliphatic heterocycles. The highest BCUT2D eigenvalue weighted by Crippen LogP contribution is 2.26. The van der Waals surface area contributed by atoms with Crippen molar-refractivity contribution in [1.82, 2.24) is 9.78 Å². The van der Waals surface area contributed by atoms with Crippen LogP contribution in [0.3, 0.4) is 0 Å². The molecule has 0 spiro atoms. The molecule has 0 aliphatic rings. The van der Waals surface area contributed by atoms with Crippen LogP contribution in [0.1, 0.15) is 25.5 Å². The van der Waals surface area contributed by atoms with Crippen LogP contribution in [0.2, 0.25) is 0 Å². The van der Waals surface area contributed by atoms with Gasteiger partial charge in [-0.1, -0.05) is 19.9 Å². The van der Waals surface area contributed by atoms with E-state index < -0.39 is 16.4 Å². The summed E-state index contributed by atoms with van der Waals surface area (Å²) in [6.45, 7) is 3.93. The zero-order valence-electron chi connectivity index (χ0n) is 10.0. The summed E-state index contributed by atoms with van der Waals surface area (Å²) in [4.78, 5) is 10.1. The van der Waals surface area contributed by atoms with E-state index in [1.165, 1.54) is 16.8 Å². The van der Waals surface area contributed by atoms with E-state index in [1.54, 1.807) is 12.3 Å². The predicted molar refractivity (Wildman–Crippen MR) is 64.3 cm³/mol. The maximum absolute atomic E-state index is 13.5. The van der Waals surface area contributed by atoms with Gasteiger partial charge in [0.2, 0.25) is 5.82 Å². The topological polar surface area (TPSA) is 61.0 Å². The van der Waals surface area contributed by atoms with Crippen LogP contribution in [-0.2, 0) is 0 Å². The largest absolute Gasteiger partial charge is 0.330 e. The molecule has 0 N–H and O–H groups in total. The van der Waals surface area contributed by atoms with Crippen LogP contribution < -0.4 is 0 Å². The third kappa shape index (κ3) is 2.09. The highest BCUT2D eigenvalue weighted by molar-refractivity contribution is 5.52. The number of hydrogen-bond acceptors (Lipinski definition) is 3. The van der Waals surface area contributed by atoms with Gasteiger partial charge in [0.05, 0.1) is 10.6 Å². The molecular formula is C12H12FN3O2. The molecule has 1 heterocycles. The Morgan fingerprint density at radius 2 is 2.11 bits per heavy atom. The lowest BCUT2D eigenvalue weighted by Gasteiger charge is -2.04. The monoisotopic (exact) mass is 249 g/mol. The number of nitro groups is 1. The summed E-state index contributed by atoms with van der Waals surface area (Å²) >= 11 is 0. The number of para-hydroxylation sites is 1. The van der Waals surface area contributed by atoms with Crippen molar-refractivity contribution < 1.29 is 9.31 Å². The fourth-order valence-electron chi connectivity index (χ4n) is 1.65. The van der Waals surface area contributed by atoms with Crippen LogP contribution in [0.4, 0.5) is 10.1 Å². The molecule has 2 aromatic rings. The van der Waals surface area contributed by atoms with Crippen molar-refractivity contribution in [3.63, 3.8) is 0 Å². The van der Waals surface area contributed by atoms with E-state index in [0.717, 1.165) is 11.8 Å². The first-order valence-corrected chi connectivity index (χ1v) is 5.49. The molecule has 2 rings (SSSR count). The third-order valence-corrected chi connectivity index (χ3v) is 2.60. The lowest BCUT2D eigenvalue weighted by atomic mass is 10.1. The molecule has 0 fully saturated rings. The van der Waals surface area contributed by atoms with Gasteiger partial charge in [-0.3, -0.25) is 10.1 Å². The summed E-state index contributed by atoms with van der Waals surface area (Å²) < 4.78 is 14.8. The molecular weight excluding hydrogens is 237 g/mol. The summed E-state index contributed by atoms with van der Waals surface area (Å²) in [7, 11) is 0. The van der Waals surface area contributed by atoms with Crippen molar-refractivity contribution in [3.8, 4) is 5.69 Å². The maximum Gasteiger partial charge on any atom is 0.330 e. The second kappa shape index (κ2) is 4.56. The molecule has 1 aromatic heterocycles. The van der Waals surface area contributed by atoms with Crippen LogP contribution >= 0.6 is 0 Å². The Hall–Kier alpha value is -2.24. The number of halogens is 1. The fraction of sp³-hybridized carbons (Fsp3) is 0.250. The predicted octanol–water partition coefficient (Wildman–Crippen LogP) is 3.04. The highest BCUT2D eigenvalue weighted by Gasteiger charge is 2.21. The van der Waals surface area contributed by atoms with E-state index in [1.807, 2.05) is 13.8 Å². The van der Waals surface area contributed by atoms with Crippen molar-refractivity contribution in [2.75, 3.05) is 0 Å². The molecule has 0 saturated carbocycles. The number of benzene rings is 1. The Morgan fingerprint density at radius 3 is 2.67 bits per heavy atom. The highest BCUT2D eigenvalue weighted by atomic mass is 19.1. The number of nitro benzene ring substituents is 1. The summed E-state index contributed by atoms with van der Waals surface area (Å²) in [6.07, 6.45) is 1.59. The minimum Gasteiger partial charge on any atom is -0.258 e. The molecule has 0 aliphatic carbocycles. The second-order valence-corrected chi connectivity index (χ2v) is 4.20. The van der Waals surface area contributed by atoms with E-state index in [9.17, 15) is 14.5 Å². The molecule has 0 radical (unpaired) electrons. The van der Waals surface area contributed by atoms with E-state index in [4.69, 9.17) is 0 Å². The van der Waals surface area contributed by atoms with Crippen molar-refractivity contribution in [3.05, 3.63) is 52.1 Å². The van der Waals surface area contributed by atoms with Crippen LogP contribution in [0.15, 0.2) is 30.5 Å². The molecule has 94 valence electrons. The van der Waals surface area contributed by atoms with Crippen molar-refractivity contribution in [2.45, 2.75) is 19.8 Å². The zero-order chi connectivity index (χ0) is 13.3. The SMILES string of the molecule is CC(C)c1ccn(-c2cccc(F)c2[N+](=O)[O-])n1. The van der Waals surface area contributed by atoms with Gasteiger partial charge in [0.25, 0.3) is 0 Å². The van der Waals surface area contributed by atoms with Gasteiger partial charge in [-0.15, -0.1) is 0 Å². The summed E-state index contributed by atoms with van der Waals surface area (Å²) in [6, 6.07) is 5.72. The molecule has 0 saturated heterocycles. The van der Waals surface area contributed by atoms with Gasteiger partial charge in [0, 0.05) is 6.20 Å². The van der Waals surface area contributed by atoms with Crippen LogP contribution in [0, 0.1) is 15.9 Å². The van der Waals surface area contributed by atoms with Gasteiger partial charge in [-0.05, 0) is 24.1 Å². The number of aromatic nitrogens is 2. The molecule has 0 amide bonds. The molecule has 0 unspecified atom stereocenters. The van der Waals surface area contributed by atoms with E-state index in [0.29, 0.717) is 0 Å². The van der Waals surface area contributed by atoms with E-state index >= 15 is 0 Å². The average Bonchev–Trinajstić information content (AvgIpc) is 2.77. The zero-order valence-corrected chi connectivity index (χ0v) is 10.0. The Kier molecular flexibility index (Phi) is 3.10. The van der Waals surface area contributed by atoms with Crippen LogP contribution in [0.5, 0.6) is 0 Å². The lowest BCUT2D eigenvalue weighted by molar-refractivity contribution is -0.387. The van der Waals surface area contributed by atoms with E-state index in [2.05, 4.69) is 5.10 Å². The van der Waals surface area contributed by atoms with Crippen molar-refractivity contribution in [1.29, 1.82) is 0 Å². The van der Waals surface area contributed by atoms with Gasteiger partial charge < -0.3 is 0 Å². The average molecular weight is 249 g/mol. The first-order chi connectivity index (χ1) is 8.50. The Balaban J connectivity index is 2.56. The molecule has 0 bridgehead atoms. The van der Waals surface area contributed by atoms with Crippen molar-refractivity contribution >= 4 is 5.69 Å². The molecule has 1 aromatic carbocycles. The third-order valence-electron chi connectivity index (χ3n) is 2.60. The normalized spacial score (nSPS) is 10.9. The fourth-order valence-corrected chi connectivity index (χ4v) is 1.65. The Morgan fingerprint density at radius 1 is 1.39 bits per heavy atom. The van der Waals surface area contributed by atoms with E-state index in [-0.39, 0.29) is 11.6 Å². The quantitative estimate of drug-likeness (QED) is 0.620. The number of rotatable bonds is 3. The summed E-state index contributed by atoms with van der Waals surface area (Å²) in [5, 5.41) is 15.1. The molecule has 5 nitrogen and oxygen atoms in total. The number of hydrogen-bond donors (Lipinski definition) is 0. The van der Waals surface area contributed by atoms with Crippen molar-refractivity contribution in [2.24, 2.45) is 0 Å². The molecule has 6 heteroatoms. The Bertz CT molecular complexity index is 593.